The van der Waals surface area contributed by atoms with E-state index in [1.807, 2.05) is 30.1 Å². The van der Waals surface area contributed by atoms with E-state index in [0.717, 1.165) is 14.9 Å². The molecule has 2 heterocycles. The summed E-state index contributed by atoms with van der Waals surface area (Å²) in [5, 5.41) is 0. The topological polar surface area (TPSA) is 54.4 Å². The van der Waals surface area contributed by atoms with Crippen molar-refractivity contribution >= 4 is 27.9 Å². The third kappa shape index (κ3) is 3.10. The number of carbonyl (C=O) groups excluding carboxylic acids is 1. The number of halogens is 2. The Morgan fingerprint density at radius 2 is 2.29 bits per heavy atom. The molecule has 1 atom stereocenters. The maximum Gasteiger partial charge on any atom is 0.416 e. The lowest BCUT2D eigenvalue weighted by atomic mass is 10.1. The molecule has 0 radical (unpaired) electrons. The summed E-state index contributed by atoms with van der Waals surface area (Å²) in [6.07, 6.45) is -0.629. The van der Waals surface area contributed by atoms with E-state index in [-0.39, 0.29) is 12.4 Å². The number of amidine groups is 1. The summed E-state index contributed by atoms with van der Waals surface area (Å²) in [6, 6.07) is 4.93. The SMILES string of the molecule is C=C(/N=C1/c2ccc(Br)cc2OCCN1C)N1C(=O)OC[C@H]1CF. The standard InChI is InChI=1S/C16H17BrFN3O3/c1-10(21-12(8-18)9-24-16(21)22)19-15-13-4-3-11(17)7-14(13)23-6-5-20(15)2/h3-4,7,12H,1,5-6,8-9H2,2H3/b19-15-/t12-/m1/s1. The predicted molar refractivity (Wildman–Crippen MR) is 90.9 cm³/mol. The summed E-state index contributed by atoms with van der Waals surface area (Å²) in [6.45, 7) is 4.25. The first-order valence-electron chi connectivity index (χ1n) is 7.44. The Kier molecular flexibility index (Phi) is 4.75. The van der Waals surface area contributed by atoms with Crippen molar-refractivity contribution in [2.45, 2.75) is 6.04 Å². The van der Waals surface area contributed by atoms with Crippen LogP contribution in [0.2, 0.25) is 0 Å². The number of cyclic esters (lactones) is 1. The quantitative estimate of drug-likeness (QED) is 0.786. The smallest absolute Gasteiger partial charge is 0.416 e. The minimum Gasteiger partial charge on any atom is -0.491 e. The molecule has 0 N–H and O–H groups in total. The molecule has 1 aromatic rings. The van der Waals surface area contributed by atoms with Crippen LogP contribution in [0.1, 0.15) is 5.56 Å². The maximum atomic E-state index is 13.1. The minimum atomic E-state index is -0.710. The molecule has 0 spiro atoms. The zero-order chi connectivity index (χ0) is 17.3. The molecule has 1 fully saturated rings. The molecule has 128 valence electrons. The van der Waals surface area contributed by atoms with Crippen molar-refractivity contribution in [3.63, 3.8) is 0 Å². The zero-order valence-electron chi connectivity index (χ0n) is 13.2. The fraction of sp³-hybridized carbons (Fsp3) is 0.375. The summed E-state index contributed by atoms with van der Waals surface area (Å²) in [5.74, 6) is 1.45. The molecule has 0 unspecified atom stereocenters. The van der Waals surface area contributed by atoms with Crippen LogP contribution in [-0.4, -0.2) is 61.3 Å². The molecule has 0 bridgehead atoms. The van der Waals surface area contributed by atoms with Crippen LogP contribution in [0.25, 0.3) is 0 Å². The van der Waals surface area contributed by atoms with Gasteiger partial charge in [0.15, 0.2) is 0 Å². The van der Waals surface area contributed by atoms with Crippen molar-refractivity contribution in [2.75, 3.05) is 33.5 Å². The zero-order valence-corrected chi connectivity index (χ0v) is 14.8. The predicted octanol–water partition coefficient (Wildman–Crippen LogP) is 2.78. The highest BCUT2D eigenvalue weighted by Crippen LogP contribution is 2.28. The normalized spacial score (nSPS) is 22.0. The van der Waals surface area contributed by atoms with Crippen LogP contribution >= 0.6 is 15.9 Å². The van der Waals surface area contributed by atoms with Crippen LogP contribution in [0.4, 0.5) is 9.18 Å². The van der Waals surface area contributed by atoms with E-state index in [1.165, 1.54) is 0 Å². The first-order valence-corrected chi connectivity index (χ1v) is 8.24. The minimum absolute atomic E-state index is 0.00168. The van der Waals surface area contributed by atoms with Gasteiger partial charge in [0.25, 0.3) is 0 Å². The van der Waals surface area contributed by atoms with Gasteiger partial charge in [-0.1, -0.05) is 22.5 Å². The summed E-state index contributed by atoms with van der Waals surface area (Å²) in [4.78, 5) is 19.4. The number of nitrogens with zero attached hydrogens (tertiary/aromatic N) is 3. The molecule has 1 aromatic carbocycles. The number of ether oxygens (including phenoxy) is 2. The Labute approximate surface area is 147 Å². The van der Waals surface area contributed by atoms with Gasteiger partial charge in [-0.3, -0.25) is 4.90 Å². The molecule has 8 heteroatoms. The number of rotatable bonds is 3. The third-order valence-corrected chi connectivity index (χ3v) is 4.38. The summed E-state index contributed by atoms with van der Waals surface area (Å²) in [7, 11) is 1.88. The van der Waals surface area contributed by atoms with Gasteiger partial charge in [-0.15, -0.1) is 0 Å². The monoisotopic (exact) mass is 397 g/mol. The molecule has 0 saturated carbocycles. The van der Waals surface area contributed by atoms with E-state index in [1.54, 1.807) is 0 Å². The number of aliphatic imine (C=N–C) groups is 1. The van der Waals surface area contributed by atoms with Crippen LogP contribution in [-0.2, 0) is 4.74 Å². The highest BCUT2D eigenvalue weighted by Gasteiger charge is 2.35. The number of hydrogen-bond donors (Lipinski definition) is 0. The number of carbonyl (C=O) groups is 1. The summed E-state index contributed by atoms with van der Waals surface area (Å²) in [5.41, 5.74) is 0.781. The molecule has 6 nitrogen and oxygen atoms in total. The van der Waals surface area contributed by atoms with Gasteiger partial charge in [-0.05, 0) is 18.2 Å². The second-order valence-electron chi connectivity index (χ2n) is 5.52. The first-order chi connectivity index (χ1) is 11.5. The lowest BCUT2D eigenvalue weighted by Gasteiger charge is -2.22. The Hall–Kier alpha value is -2.09. The Balaban J connectivity index is 1.98. The molecular weight excluding hydrogens is 381 g/mol. The van der Waals surface area contributed by atoms with Crippen molar-refractivity contribution in [2.24, 2.45) is 4.99 Å². The van der Waals surface area contributed by atoms with Crippen LogP contribution in [0, 0.1) is 0 Å². The van der Waals surface area contributed by atoms with Gasteiger partial charge in [0.1, 0.15) is 43.3 Å². The van der Waals surface area contributed by atoms with E-state index in [9.17, 15) is 9.18 Å². The van der Waals surface area contributed by atoms with Gasteiger partial charge >= 0.3 is 6.09 Å². The number of benzene rings is 1. The van der Waals surface area contributed by atoms with Gasteiger partial charge < -0.3 is 14.4 Å². The van der Waals surface area contributed by atoms with Crippen LogP contribution in [0.5, 0.6) is 5.75 Å². The lowest BCUT2D eigenvalue weighted by Crippen LogP contribution is -2.35. The Morgan fingerprint density at radius 3 is 3.04 bits per heavy atom. The molecule has 1 saturated heterocycles. The van der Waals surface area contributed by atoms with Gasteiger partial charge in [-0.25, -0.2) is 14.2 Å². The van der Waals surface area contributed by atoms with Crippen LogP contribution < -0.4 is 4.74 Å². The molecular formula is C16H17BrFN3O3. The molecule has 24 heavy (non-hydrogen) atoms. The van der Waals surface area contributed by atoms with Gasteiger partial charge in [0, 0.05) is 11.5 Å². The second kappa shape index (κ2) is 6.80. The largest absolute Gasteiger partial charge is 0.491 e. The van der Waals surface area contributed by atoms with E-state index < -0.39 is 18.8 Å². The molecule has 2 aliphatic heterocycles. The highest BCUT2D eigenvalue weighted by atomic mass is 79.9. The van der Waals surface area contributed by atoms with Crippen molar-refractivity contribution in [3.05, 3.63) is 40.6 Å². The summed E-state index contributed by atoms with van der Waals surface area (Å²) >= 11 is 3.42. The van der Waals surface area contributed by atoms with Crippen molar-refractivity contribution in [1.29, 1.82) is 0 Å². The molecule has 0 aromatic heterocycles. The average molecular weight is 398 g/mol. The number of alkyl halides is 1. The highest BCUT2D eigenvalue weighted by molar-refractivity contribution is 9.10. The molecule has 3 rings (SSSR count). The van der Waals surface area contributed by atoms with Gasteiger partial charge in [0.2, 0.25) is 0 Å². The molecule has 2 aliphatic rings. The van der Waals surface area contributed by atoms with E-state index >= 15 is 0 Å². The fourth-order valence-electron chi connectivity index (χ4n) is 2.62. The van der Waals surface area contributed by atoms with Crippen molar-refractivity contribution < 1.29 is 18.7 Å². The fourth-order valence-corrected chi connectivity index (χ4v) is 2.96. The van der Waals surface area contributed by atoms with Crippen molar-refractivity contribution in [1.82, 2.24) is 9.80 Å². The van der Waals surface area contributed by atoms with E-state index in [0.29, 0.717) is 24.7 Å². The second-order valence-corrected chi connectivity index (χ2v) is 6.43. The third-order valence-electron chi connectivity index (χ3n) is 3.88. The first kappa shape index (κ1) is 16.8. The average Bonchev–Trinajstić information content (AvgIpc) is 2.86. The Morgan fingerprint density at radius 1 is 1.50 bits per heavy atom. The molecule has 0 aliphatic carbocycles. The number of likely N-dealkylation sites (N-methyl/N-ethyl adjacent to an activating group) is 1. The Bertz CT molecular complexity index is 710. The number of hydrogen-bond acceptors (Lipinski definition) is 4. The van der Waals surface area contributed by atoms with Crippen molar-refractivity contribution in [3.8, 4) is 5.75 Å². The van der Waals surface area contributed by atoms with Crippen LogP contribution in [0.3, 0.4) is 0 Å². The van der Waals surface area contributed by atoms with E-state index in [4.69, 9.17) is 9.47 Å². The van der Waals surface area contributed by atoms with Crippen LogP contribution in [0.15, 0.2) is 40.1 Å². The number of amides is 1. The molecule has 1 amide bonds. The summed E-state index contributed by atoms with van der Waals surface area (Å²) < 4.78 is 24.6. The van der Waals surface area contributed by atoms with E-state index in [2.05, 4.69) is 27.5 Å². The van der Waals surface area contributed by atoms with Gasteiger partial charge in [-0.2, -0.15) is 0 Å². The number of fused-ring (bicyclic) bond motifs is 1. The van der Waals surface area contributed by atoms with Gasteiger partial charge in [0.05, 0.1) is 12.1 Å². The lowest BCUT2D eigenvalue weighted by molar-refractivity contribution is 0.164. The maximum absolute atomic E-state index is 13.1.